The molecule has 224 valence electrons. The number of anilines is 1. The lowest BCUT2D eigenvalue weighted by Gasteiger charge is -2.35. The van der Waals surface area contributed by atoms with Crippen LogP contribution in [0.25, 0.3) is 0 Å². The van der Waals surface area contributed by atoms with Crippen LogP contribution in [0.5, 0.6) is 0 Å². The van der Waals surface area contributed by atoms with Gasteiger partial charge < -0.3 is 10.2 Å². The normalized spacial score (nSPS) is 14.7. The molecular formula is C32H37Cl2N3O4S. The average Bonchev–Trinajstić information content (AvgIpc) is 2.96. The lowest BCUT2D eigenvalue weighted by molar-refractivity contribution is -0.140. The number of hydrogen-bond donors (Lipinski definition) is 1. The van der Waals surface area contributed by atoms with E-state index in [1.807, 2.05) is 30.3 Å². The van der Waals surface area contributed by atoms with Crippen LogP contribution in [-0.2, 0) is 32.6 Å². The lowest BCUT2D eigenvalue weighted by atomic mass is 9.94. The van der Waals surface area contributed by atoms with Crippen LogP contribution in [0.15, 0.2) is 72.8 Å². The molecule has 4 rings (SSSR count). The van der Waals surface area contributed by atoms with Crippen LogP contribution < -0.4 is 9.62 Å². The summed E-state index contributed by atoms with van der Waals surface area (Å²) in [5.41, 5.74) is 2.62. The van der Waals surface area contributed by atoms with E-state index in [1.54, 1.807) is 43.3 Å². The van der Waals surface area contributed by atoms with Gasteiger partial charge in [-0.15, -0.1) is 0 Å². The summed E-state index contributed by atoms with van der Waals surface area (Å²) in [6.07, 6.45) is 6.35. The number of rotatable bonds is 11. The van der Waals surface area contributed by atoms with Crippen molar-refractivity contribution in [2.45, 2.75) is 64.1 Å². The molecular weight excluding hydrogens is 593 g/mol. The highest BCUT2D eigenvalue weighted by Gasteiger charge is 2.34. The predicted octanol–water partition coefficient (Wildman–Crippen LogP) is 6.16. The maximum Gasteiger partial charge on any atom is 0.244 e. The molecule has 0 bridgehead atoms. The minimum atomic E-state index is -3.88. The van der Waals surface area contributed by atoms with Crippen molar-refractivity contribution in [2.75, 3.05) is 17.1 Å². The van der Waals surface area contributed by atoms with E-state index < -0.39 is 28.5 Å². The van der Waals surface area contributed by atoms with Gasteiger partial charge in [0.15, 0.2) is 0 Å². The molecule has 1 aliphatic rings. The number of nitrogens with zero attached hydrogens (tertiary/aromatic N) is 2. The topological polar surface area (TPSA) is 86.8 Å². The molecule has 1 N–H and O–H groups in total. The van der Waals surface area contributed by atoms with Crippen LogP contribution in [0.3, 0.4) is 0 Å². The summed E-state index contributed by atoms with van der Waals surface area (Å²) in [6, 6.07) is 20.7. The maximum absolute atomic E-state index is 14.3. The molecule has 2 amide bonds. The first-order chi connectivity index (χ1) is 20.0. The molecule has 42 heavy (non-hydrogen) atoms. The Hall–Kier alpha value is -3.07. The van der Waals surface area contributed by atoms with Crippen LogP contribution in [0.1, 0.15) is 48.8 Å². The van der Waals surface area contributed by atoms with Gasteiger partial charge >= 0.3 is 0 Å². The summed E-state index contributed by atoms with van der Waals surface area (Å²) in [6.45, 7) is 1.36. The van der Waals surface area contributed by atoms with Gasteiger partial charge in [0.2, 0.25) is 21.8 Å². The molecule has 0 saturated heterocycles. The number of carbonyl (C=O) groups excluding carboxylic acids is 2. The second-order valence-corrected chi connectivity index (χ2v) is 13.7. The fourth-order valence-electron chi connectivity index (χ4n) is 5.33. The van der Waals surface area contributed by atoms with E-state index in [9.17, 15) is 18.0 Å². The highest BCUT2D eigenvalue weighted by molar-refractivity contribution is 7.92. The molecule has 7 nitrogen and oxygen atoms in total. The van der Waals surface area contributed by atoms with E-state index in [2.05, 4.69) is 5.32 Å². The van der Waals surface area contributed by atoms with Gasteiger partial charge in [-0.1, -0.05) is 91.0 Å². The van der Waals surface area contributed by atoms with Crippen molar-refractivity contribution in [3.05, 3.63) is 99.5 Å². The fourth-order valence-corrected chi connectivity index (χ4v) is 6.52. The van der Waals surface area contributed by atoms with Crippen LogP contribution in [0.2, 0.25) is 10.0 Å². The van der Waals surface area contributed by atoms with Crippen molar-refractivity contribution < 1.29 is 18.0 Å². The summed E-state index contributed by atoms with van der Waals surface area (Å²) in [5.74, 6) is -0.757. The summed E-state index contributed by atoms with van der Waals surface area (Å²) in [4.78, 5) is 29.7. The Morgan fingerprint density at radius 3 is 2.19 bits per heavy atom. The summed E-state index contributed by atoms with van der Waals surface area (Å²) in [5, 5.41) is 4.10. The zero-order valence-electron chi connectivity index (χ0n) is 23.9. The predicted molar refractivity (Wildman–Crippen MR) is 169 cm³/mol. The molecule has 0 radical (unpaired) electrons. The largest absolute Gasteiger partial charge is 0.352 e. The Morgan fingerprint density at radius 2 is 1.55 bits per heavy atom. The van der Waals surface area contributed by atoms with Crippen LogP contribution in [-0.4, -0.2) is 50.0 Å². The molecule has 0 heterocycles. The van der Waals surface area contributed by atoms with Crippen molar-refractivity contribution in [1.29, 1.82) is 0 Å². The third-order valence-corrected chi connectivity index (χ3v) is 9.22. The number of sulfonamides is 1. The van der Waals surface area contributed by atoms with Gasteiger partial charge in [0.25, 0.3) is 0 Å². The molecule has 0 aromatic heterocycles. The van der Waals surface area contributed by atoms with Crippen molar-refractivity contribution in [1.82, 2.24) is 10.2 Å². The standard InChI is InChI=1S/C32H37Cl2N3O4S/c1-23-13-16-27(34)20-29(23)37(42(2,40)41)22-31(38)36(21-25-14-17-26(33)18-15-25)30(19-24-9-5-3-6-10-24)32(39)35-28-11-7-4-8-12-28/h3,5-6,9-10,13-18,20,28,30H,4,7-8,11-12,19,21-22H2,1-2H3,(H,35,39)/t30-/m0/s1. The first-order valence-corrected chi connectivity index (χ1v) is 16.7. The summed E-state index contributed by atoms with van der Waals surface area (Å²) in [7, 11) is -3.88. The zero-order chi connectivity index (χ0) is 30.3. The number of amides is 2. The van der Waals surface area contributed by atoms with Crippen LogP contribution >= 0.6 is 23.2 Å². The third-order valence-electron chi connectivity index (χ3n) is 7.61. The van der Waals surface area contributed by atoms with Gasteiger partial charge in [0.1, 0.15) is 12.6 Å². The minimum absolute atomic E-state index is 0.0404. The summed E-state index contributed by atoms with van der Waals surface area (Å²) < 4.78 is 27.1. The van der Waals surface area contributed by atoms with Crippen molar-refractivity contribution >= 4 is 50.7 Å². The van der Waals surface area contributed by atoms with Crippen molar-refractivity contribution in [3.63, 3.8) is 0 Å². The number of aryl methyl sites for hydroxylation is 1. The van der Waals surface area contributed by atoms with Crippen molar-refractivity contribution in [3.8, 4) is 0 Å². The first-order valence-electron chi connectivity index (χ1n) is 14.1. The Kier molecular flexibility index (Phi) is 10.9. The Balaban J connectivity index is 1.73. The van der Waals surface area contributed by atoms with Gasteiger partial charge in [-0.2, -0.15) is 0 Å². The lowest BCUT2D eigenvalue weighted by Crippen LogP contribution is -2.55. The molecule has 1 fully saturated rings. The highest BCUT2D eigenvalue weighted by atomic mass is 35.5. The molecule has 1 aliphatic carbocycles. The Morgan fingerprint density at radius 1 is 0.905 bits per heavy atom. The minimum Gasteiger partial charge on any atom is -0.352 e. The number of nitrogens with one attached hydrogen (secondary N) is 1. The fraction of sp³-hybridized carbons (Fsp3) is 0.375. The van der Waals surface area contributed by atoms with Gasteiger partial charge in [-0.25, -0.2) is 8.42 Å². The smallest absolute Gasteiger partial charge is 0.244 e. The van der Waals surface area contributed by atoms with E-state index >= 15 is 0 Å². The summed E-state index contributed by atoms with van der Waals surface area (Å²) >= 11 is 12.3. The first kappa shape index (κ1) is 31.9. The molecule has 0 unspecified atom stereocenters. The monoisotopic (exact) mass is 629 g/mol. The number of carbonyl (C=O) groups is 2. The van der Waals surface area contributed by atoms with Crippen molar-refractivity contribution in [2.24, 2.45) is 0 Å². The second kappa shape index (κ2) is 14.4. The maximum atomic E-state index is 14.3. The van der Waals surface area contributed by atoms with Gasteiger partial charge in [0.05, 0.1) is 11.9 Å². The Bertz CT molecular complexity index is 1480. The highest BCUT2D eigenvalue weighted by Crippen LogP contribution is 2.27. The average molecular weight is 631 g/mol. The number of hydrogen-bond acceptors (Lipinski definition) is 4. The van der Waals surface area contributed by atoms with Gasteiger partial charge in [-0.3, -0.25) is 13.9 Å². The van der Waals surface area contributed by atoms with E-state index in [0.29, 0.717) is 21.3 Å². The van der Waals surface area contributed by atoms with E-state index in [4.69, 9.17) is 23.2 Å². The molecule has 10 heteroatoms. The number of halogens is 2. The van der Waals surface area contributed by atoms with Gasteiger partial charge in [0, 0.05) is 29.1 Å². The molecule has 1 atom stereocenters. The van der Waals surface area contributed by atoms with Crippen LogP contribution in [0, 0.1) is 6.92 Å². The van der Waals surface area contributed by atoms with E-state index in [-0.39, 0.29) is 24.9 Å². The zero-order valence-corrected chi connectivity index (χ0v) is 26.3. The third kappa shape index (κ3) is 8.72. The molecule has 0 spiro atoms. The van der Waals surface area contributed by atoms with E-state index in [1.165, 1.54) is 11.0 Å². The Labute approximate surface area is 258 Å². The quantitative estimate of drug-likeness (QED) is 0.275. The van der Waals surface area contributed by atoms with Gasteiger partial charge in [-0.05, 0) is 60.7 Å². The molecule has 1 saturated carbocycles. The van der Waals surface area contributed by atoms with E-state index in [0.717, 1.165) is 53.8 Å². The molecule has 3 aromatic rings. The van der Waals surface area contributed by atoms with Crippen LogP contribution in [0.4, 0.5) is 5.69 Å². The SMILES string of the molecule is Cc1ccc(Cl)cc1N(CC(=O)N(Cc1ccc(Cl)cc1)[C@@H](Cc1ccccc1)C(=O)NC1CCCCC1)S(C)(=O)=O. The molecule has 3 aromatic carbocycles. The number of benzene rings is 3. The molecule has 0 aliphatic heterocycles. The second-order valence-electron chi connectivity index (χ2n) is 10.9.